The minimum atomic E-state index is -3.48. The van der Waals surface area contributed by atoms with Crippen molar-refractivity contribution in [2.24, 2.45) is 0 Å². The Balaban J connectivity index is 2.29. The number of aryl methyl sites for hydroxylation is 1. The first-order valence-corrected chi connectivity index (χ1v) is 8.71. The molecule has 0 atom stereocenters. The topological polar surface area (TPSA) is 66.6 Å². The maximum absolute atomic E-state index is 12.8. The van der Waals surface area contributed by atoms with Crippen molar-refractivity contribution in [2.45, 2.75) is 37.6 Å². The molecule has 118 valence electrons. The van der Waals surface area contributed by atoms with Gasteiger partial charge in [-0.15, -0.1) is 0 Å². The monoisotopic (exact) mass is 311 g/mol. The molecule has 0 aliphatic carbocycles. The second-order valence-electron chi connectivity index (χ2n) is 6.01. The van der Waals surface area contributed by atoms with Crippen molar-refractivity contribution in [1.82, 2.24) is 9.21 Å². The summed E-state index contributed by atoms with van der Waals surface area (Å²) in [5, 5.41) is 0. The number of nitrogen functional groups attached to an aromatic ring is 1. The summed E-state index contributed by atoms with van der Waals surface area (Å²) in [5.41, 5.74) is 8.31. The first kappa shape index (κ1) is 16.3. The Kier molecular flexibility index (Phi) is 4.60. The van der Waals surface area contributed by atoms with E-state index < -0.39 is 10.0 Å². The molecule has 1 aliphatic heterocycles. The lowest BCUT2D eigenvalue weighted by Gasteiger charge is -2.34. The minimum absolute atomic E-state index is 0.0639. The molecule has 1 saturated heterocycles. The van der Waals surface area contributed by atoms with Crippen LogP contribution in [0, 0.1) is 13.8 Å². The van der Waals surface area contributed by atoms with Gasteiger partial charge in [-0.05, 0) is 70.1 Å². The zero-order valence-electron chi connectivity index (χ0n) is 13.3. The fraction of sp³-hybridized carbons (Fsp3) is 0.600. The average molecular weight is 311 g/mol. The van der Waals surface area contributed by atoms with Crippen LogP contribution >= 0.6 is 0 Å². The number of rotatable bonds is 3. The quantitative estimate of drug-likeness (QED) is 0.861. The number of likely N-dealkylation sites (tertiary alicyclic amines) is 1. The Hall–Kier alpha value is -1.11. The van der Waals surface area contributed by atoms with E-state index in [0.717, 1.165) is 37.1 Å². The predicted molar refractivity (Wildman–Crippen MR) is 85.8 cm³/mol. The fourth-order valence-electron chi connectivity index (χ4n) is 2.72. The van der Waals surface area contributed by atoms with E-state index in [-0.39, 0.29) is 6.04 Å². The van der Waals surface area contributed by atoms with Crippen LogP contribution in [0.15, 0.2) is 17.0 Å². The van der Waals surface area contributed by atoms with Crippen LogP contribution in [0.5, 0.6) is 0 Å². The van der Waals surface area contributed by atoms with Crippen molar-refractivity contribution in [1.29, 1.82) is 0 Å². The van der Waals surface area contributed by atoms with Gasteiger partial charge in [0.15, 0.2) is 0 Å². The van der Waals surface area contributed by atoms with Crippen molar-refractivity contribution >= 4 is 15.7 Å². The Labute approximate surface area is 127 Å². The number of nitrogens with two attached hydrogens (primary N) is 1. The number of piperidine rings is 1. The molecule has 1 aromatic carbocycles. The molecule has 0 radical (unpaired) electrons. The second-order valence-corrected chi connectivity index (χ2v) is 8.01. The van der Waals surface area contributed by atoms with Gasteiger partial charge in [0.2, 0.25) is 10.0 Å². The molecule has 0 aromatic heterocycles. The summed E-state index contributed by atoms with van der Waals surface area (Å²) < 4.78 is 27.1. The highest BCUT2D eigenvalue weighted by Gasteiger charge is 2.30. The lowest BCUT2D eigenvalue weighted by molar-refractivity contribution is 0.197. The summed E-state index contributed by atoms with van der Waals surface area (Å²) in [5.74, 6) is 0. The minimum Gasteiger partial charge on any atom is -0.398 e. The van der Waals surface area contributed by atoms with Crippen LogP contribution in [0.2, 0.25) is 0 Å². The smallest absolute Gasteiger partial charge is 0.243 e. The number of hydrogen-bond donors (Lipinski definition) is 1. The molecule has 1 aromatic rings. The van der Waals surface area contributed by atoms with Gasteiger partial charge in [-0.2, -0.15) is 4.31 Å². The van der Waals surface area contributed by atoms with E-state index in [2.05, 4.69) is 11.9 Å². The third-order valence-corrected chi connectivity index (χ3v) is 6.45. The van der Waals surface area contributed by atoms with Crippen LogP contribution < -0.4 is 5.73 Å². The van der Waals surface area contributed by atoms with Crippen LogP contribution in [0.1, 0.15) is 24.0 Å². The van der Waals surface area contributed by atoms with E-state index in [1.54, 1.807) is 19.2 Å². The Morgan fingerprint density at radius 3 is 2.33 bits per heavy atom. The molecule has 0 spiro atoms. The third kappa shape index (κ3) is 3.22. The van der Waals surface area contributed by atoms with E-state index in [0.29, 0.717) is 10.6 Å². The van der Waals surface area contributed by atoms with Crippen molar-refractivity contribution in [3.63, 3.8) is 0 Å². The average Bonchev–Trinajstić information content (AvgIpc) is 2.44. The number of sulfonamides is 1. The molecule has 1 heterocycles. The van der Waals surface area contributed by atoms with Gasteiger partial charge in [-0.1, -0.05) is 0 Å². The van der Waals surface area contributed by atoms with Crippen LogP contribution in [-0.4, -0.2) is 50.8 Å². The van der Waals surface area contributed by atoms with E-state index in [9.17, 15) is 8.42 Å². The Morgan fingerprint density at radius 1 is 1.24 bits per heavy atom. The number of hydrogen-bond acceptors (Lipinski definition) is 4. The van der Waals surface area contributed by atoms with E-state index >= 15 is 0 Å². The van der Waals surface area contributed by atoms with Gasteiger partial charge in [0.25, 0.3) is 0 Å². The van der Waals surface area contributed by atoms with Gasteiger partial charge in [0, 0.05) is 18.8 Å². The SMILES string of the molecule is Cc1cc(S(=O)(=O)N(C)C2CCN(C)CC2)cc(N)c1C. The summed E-state index contributed by atoms with van der Waals surface area (Å²) in [4.78, 5) is 2.52. The molecule has 0 amide bonds. The Morgan fingerprint density at radius 2 is 1.81 bits per heavy atom. The molecule has 1 fully saturated rings. The highest BCUT2D eigenvalue weighted by atomic mass is 32.2. The summed E-state index contributed by atoms with van der Waals surface area (Å²) in [7, 11) is 0.258. The first-order chi connectivity index (χ1) is 9.73. The second kappa shape index (κ2) is 5.94. The standard InChI is InChI=1S/C15H25N3O2S/c1-11-9-14(10-15(16)12(11)2)21(19,20)18(4)13-5-7-17(3)8-6-13/h9-10,13H,5-8,16H2,1-4H3. The van der Waals surface area contributed by atoms with Crippen molar-refractivity contribution < 1.29 is 8.42 Å². The molecule has 5 nitrogen and oxygen atoms in total. The molecule has 1 aliphatic rings. The van der Waals surface area contributed by atoms with Gasteiger partial charge in [-0.3, -0.25) is 0 Å². The zero-order valence-corrected chi connectivity index (χ0v) is 14.1. The maximum Gasteiger partial charge on any atom is 0.243 e. The highest BCUT2D eigenvalue weighted by Crippen LogP contribution is 2.26. The summed E-state index contributed by atoms with van der Waals surface area (Å²) >= 11 is 0. The van der Waals surface area contributed by atoms with Crippen molar-refractivity contribution in [2.75, 3.05) is 32.9 Å². The maximum atomic E-state index is 12.8. The van der Waals surface area contributed by atoms with Crippen LogP contribution in [0.3, 0.4) is 0 Å². The van der Waals surface area contributed by atoms with Crippen molar-refractivity contribution in [3.05, 3.63) is 23.3 Å². The van der Waals surface area contributed by atoms with Gasteiger partial charge < -0.3 is 10.6 Å². The number of benzene rings is 1. The number of nitrogens with zero attached hydrogens (tertiary/aromatic N) is 2. The molecule has 0 saturated carbocycles. The molecule has 21 heavy (non-hydrogen) atoms. The predicted octanol–water partition coefficient (Wildman–Crippen LogP) is 1.60. The normalized spacial score (nSPS) is 18.3. The summed E-state index contributed by atoms with van der Waals surface area (Å²) in [6, 6.07) is 3.35. The molecule has 0 unspecified atom stereocenters. The van der Waals surface area contributed by atoms with E-state index in [4.69, 9.17) is 5.73 Å². The zero-order chi connectivity index (χ0) is 15.8. The molecule has 0 bridgehead atoms. The fourth-order valence-corrected chi connectivity index (χ4v) is 4.26. The van der Waals surface area contributed by atoms with Crippen molar-refractivity contribution in [3.8, 4) is 0 Å². The van der Waals surface area contributed by atoms with Gasteiger partial charge in [-0.25, -0.2) is 8.42 Å². The van der Waals surface area contributed by atoms with Gasteiger partial charge in [0.05, 0.1) is 4.90 Å². The van der Waals surface area contributed by atoms with Crippen LogP contribution in [0.4, 0.5) is 5.69 Å². The molecule has 6 heteroatoms. The van der Waals surface area contributed by atoms with E-state index in [1.165, 1.54) is 4.31 Å². The van der Waals surface area contributed by atoms with Gasteiger partial charge in [0.1, 0.15) is 0 Å². The lowest BCUT2D eigenvalue weighted by atomic mass is 10.1. The molecule has 2 rings (SSSR count). The van der Waals surface area contributed by atoms with Gasteiger partial charge >= 0.3 is 0 Å². The van der Waals surface area contributed by atoms with E-state index in [1.807, 2.05) is 13.8 Å². The molecular formula is C15H25N3O2S. The largest absolute Gasteiger partial charge is 0.398 e. The summed E-state index contributed by atoms with van der Waals surface area (Å²) in [6.45, 7) is 5.65. The number of anilines is 1. The highest BCUT2D eigenvalue weighted by molar-refractivity contribution is 7.89. The van der Waals surface area contributed by atoms with Crippen LogP contribution in [-0.2, 0) is 10.0 Å². The van der Waals surface area contributed by atoms with Crippen LogP contribution in [0.25, 0.3) is 0 Å². The summed E-state index contributed by atoms with van der Waals surface area (Å²) in [6.07, 6.45) is 1.74. The molecule has 2 N–H and O–H groups in total. The molecular weight excluding hydrogens is 286 g/mol. The Bertz CT molecular complexity index is 597. The lowest BCUT2D eigenvalue weighted by Crippen LogP contribution is -2.44. The first-order valence-electron chi connectivity index (χ1n) is 7.26. The third-order valence-electron chi connectivity index (χ3n) is 4.56.